The summed E-state index contributed by atoms with van der Waals surface area (Å²) in [6.45, 7) is 4.28. The second-order valence-electron chi connectivity index (χ2n) is 5.35. The number of amides is 1. The average Bonchev–Trinajstić information content (AvgIpc) is 2.94. The molecular weight excluding hydrogens is 284 g/mol. The Hall–Kier alpha value is -1.84. The molecular formula is C17H17ClN2O. The normalized spacial score (nSPS) is 13.0. The van der Waals surface area contributed by atoms with Crippen molar-refractivity contribution in [2.75, 3.05) is 0 Å². The van der Waals surface area contributed by atoms with E-state index < -0.39 is 0 Å². The molecule has 2 aromatic rings. The zero-order valence-corrected chi connectivity index (χ0v) is 12.6. The highest BCUT2D eigenvalue weighted by Crippen LogP contribution is 2.18. The van der Waals surface area contributed by atoms with Gasteiger partial charge in [0.25, 0.3) is 5.91 Å². The van der Waals surface area contributed by atoms with Crippen LogP contribution in [0.15, 0.2) is 36.4 Å². The molecule has 0 saturated heterocycles. The van der Waals surface area contributed by atoms with Gasteiger partial charge in [0.05, 0.1) is 0 Å². The molecule has 3 rings (SSSR count). The molecule has 0 aliphatic carbocycles. The lowest BCUT2D eigenvalue weighted by Gasteiger charge is -2.09. The molecule has 0 bridgehead atoms. The number of halogens is 1. The van der Waals surface area contributed by atoms with Gasteiger partial charge in [-0.15, -0.1) is 0 Å². The third-order valence-corrected chi connectivity index (χ3v) is 4.03. The minimum absolute atomic E-state index is 0.0892. The topological polar surface area (TPSA) is 41.1 Å². The molecule has 1 aliphatic heterocycles. The number of carbonyl (C=O) groups is 1. The molecule has 0 fully saturated rings. The van der Waals surface area contributed by atoms with Crippen molar-refractivity contribution in [1.82, 2.24) is 10.6 Å². The van der Waals surface area contributed by atoms with Crippen LogP contribution in [0.2, 0.25) is 5.02 Å². The third kappa shape index (κ3) is 3.09. The van der Waals surface area contributed by atoms with Gasteiger partial charge >= 0.3 is 0 Å². The van der Waals surface area contributed by atoms with Crippen molar-refractivity contribution in [1.29, 1.82) is 0 Å². The van der Waals surface area contributed by atoms with Gasteiger partial charge in [0, 0.05) is 30.2 Å². The molecule has 2 aromatic carbocycles. The molecule has 0 saturated carbocycles. The Morgan fingerprint density at radius 1 is 1.19 bits per heavy atom. The minimum Gasteiger partial charge on any atom is -0.348 e. The summed E-state index contributed by atoms with van der Waals surface area (Å²) in [7, 11) is 0. The van der Waals surface area contributed by atoms with E-state index in [-0.39, 0.29) is 5.91 Å². The van der Waals surface area contributed by atoms with E-state index in [4.69, 9.17) is 11.6 Å². The van der Waals surface area contributed by atoms with Crippen LogP contribution >= 0.6 is 11.6 Å². The Morgan fingerprint density at radius 3 is 2.86 bits per heavy atom. The van der Waals surface area contributed by atoms with Crippen molar-refractivity contribution in [3.05, 3.63) is 69.2 Å². The fourth-order valence-electron chi connectivity index (χ4n) is 2.57. The maximum Gasteiger partial charge on any atom is 0.251 e. The number of rotatable bonds is 3. The number of nitrogens with one attached hydrogen (secondary N) is 2. The molecule has 108 valence electrons. The molecule has 1 amide bonds. The number of benzene rings is 2. The predicted molar refractivity (Wildman–Crippen MR) is 84.3 cm³/mol. The number of hydrogen-bond donors (Lipinski definition) is 2. The molecule has 1 heterocycles. The van der Waals surface area contributed by atoms with Crippen LogP contribution in [0.25, 0.3) is 0 Å². The van der Waals surface area contributed by atoms with E-state index in [1.54, 1.807) is 12.1 Å². The van der Waals surface area contributed by atoms with Crippen molar-refractivity contribution >= 4 is 17.5 Å². The molecule has 21 heavy (non-hydrogen) atoms. The largest absolute Gasteiger partial charge is 0.348 e. The molecule has 4 heteroatoms. The summed E-state index contributed by atoms with van der Waals surface area (Å²) >= 11 is 5.96. The Kier molecular flexibility index (Phi) is 3.95. The minimum atomic E-state index is -0.0892. The lowest BCUT2D eigenvalue weighted by molar-refractivity contribution is 0.0950. The van der Waals surface area contributed by atoms with Crippen LogP contribution < -0.4 is 10.6 Å². The van der Waals surface area contributed by atoms with Gasteiger partial charge in [-0.3, -0.25) is 4.79 Å². The predicted octanol–water partition coefficient (Wildman–Crippen LogP) is 3.18. The third-order valence-electron chi connectivity index (χ3n) is 3.80. The van der Waals surface area contributed by atoms with Crippen LogP contribution in [0.5, 0.6) is 0 Å². The number of hydrogen-bond acceptors (Lipinski definition) is 2. The van der Waals surface area contributed by atoms with Gasteiger partial charge in [-0.25, -0.2) is 0 Å². The van der Waals surface area contributed by atoms with Crippen molar-refractivity contribution in [2.45, 2.75) is 26.6 Å². The van der Waals surface area contributed by atoms with Gasteiger partial charge in [-0.1, -0.05) is 35.9 Å². The zero-order chi connectivity index (χ0) is 14.8. The van der Waals surface area contributed by atoms with E-state index in [0.29, 0.717) is 17.1 Å². The molecule has 0 radical (unpaired) electrons. The summed E-state index contributed by atoms with van der Waals surface area (Å²) < 4.78 is 0. The van der Waals surface area contributed by atoms with E-state index in [1.165, 1.54) is 11.1 Å². The summed E-state index contributed by atoms with van der Waals surface area (Å²) in [6.07, 6.45) is 0. The fraction of sp³-hybridized carbons (Fsp3) is 0.235. The van der Waals surface area contributed by atoms with Crippen molar-refractivity contribution in [3.63, 3.8) is 0 Å². The van der Waals surface area contributed by atoms with E-state index in [1.807, 2.05) is 13.0 Å². The van der Waals surface area contributed by atoms with Crippen LogP contribution in [0, 0.1) is 6.92 Å². The molecule has 1 aliphatic rings. The average molecular weight is 301 g/mol. The second kappa shape index (κ2) is 5.88. The fourth-order valence-corrected chi connectivity index (χ4v) is 2.75. The number of fused-ring (bicyclic) bond motifs is 1. The maximum absolute atomic E-state index is 12.2. The Morgan fingerprint density at radius 2 is 2.00 bits per heavy atom. The van der Waals surface area contributed by atoms with E-state index >= 15 is 0 Å². The zero-order valence-electron chi connectivity index (χ0n) is 11.9. The summed E-state index contributed by atoms with van der Waals surface area (Å²) in [5.41, 5.74) is 5.34. The van der Waals surface area contributed by atoms with Gasteiger partial charge < -0.3 is 10.6 Å². The molecule has 0 aromatic heterocycles. The quantitative estimate of drug-likeness (QED) is 0.914. The highest BCUT2D eigenvalue weighted by Gasteiger charge is 2.12. The summed E-state index contributed by atoms with van der Waals surface area (Å²) in [4.78, 5) is 12.2. The molecule has 0 spiro atoms. The Balaban J connectivity index is 1.70. The van der Waals surface area contributed by atoms with Gasteiger partial charge in [-0.2, -0.15) is 0 Å². The van der Waals surface area contributed by atoms with Gasteiger partial charge in [-0.05, 0) is 41.3 Å². The monoisotopic (exact) mass is 300 g/mol. The van der Waals surface area contributed by atoms with Crippen molar-refractivity contribution in [3.8, 4) is 0 Å². The molecule has 0 unspecified atom stereocenters. The smallest absolute Gasteiger partial charge is 0.251 e. The van der Waals surface area contributed by atoms with Crippen LogP contribution in [-0.2, 0) is 19.6 Å². The highest BCUT2D eigenvalue weighted by molar-refractivity contribution is 6.31. The lowest BCUT2D eigenvalue weighted by Crippen LogP contribution is -2.23. The first kappa shape index (κ1) is 14.1. The first-order valence-corrected chi connectivity index (χ1v) is 7.37. The number of carbonyl (C=O) groups excluding carboxylic acids is 1. The van der Waals surface area contributed by atoms with Crippen LogP contribution in [0.3, 0.4) is 0 Å². The summed E-state index contributed by atoms with van der Waals surface area (Å²) in [5, 5.41) is 6.85. The summed E-state index contributed by atoms with van der Waals surface area (Å²) in [6, 6.07) is 11.7. The number of aryl methyl sites for hydroxylation is 1. The van der Waals surface area contributed by atoms with E-state index in [0.717, 1.165) is 24.2 Å². The van der Waals surface area contributed by atoms with Crippen LogP contribution in [-0.4, -0.2) is 5.91 Å². The molecule has 0 atom stereocenters. The first-order valence-electron chi connectivity index (χ1n) is 6.99. The SMILES string of the molecule is Cc1ccc(Cl)cc1C(=O)NCc1ccc2c(c1)CNC2. The highest BCUT2D eigenvalue weighted by atomic mass is 35.5. The Bertz CT molecular complexity index is 697. The van der Waals surface area contributed by atoms with Crippen molar-refractivity contribution in [2.24, 2.45) is 0 Å². The second-order valence-corrected chi connectivity index (χ2v) is 5.78. The lowest BCUT2D eigenvalue weighted by atomic mass is 10.1. The van der Waals surface area contributed by atoms with Gasteiger partial charge in [0.15, 0.2) is 0 Å². The van der Waals surface area contributed by atoms with Crippen LogP contribution in [0.4, 0.5) is 0 Å². The maximum atomic E-state index is 12.2. The molecule has 2 N–H and O–H groups in total. The van der Waals surface area contributed by atoms with E-state index in [2.05, 4.69) is 28.8 Å². The Labute approximate surface area is 129 Å². The van der Waals surface area contributed by atoms with Gasteiger partial charge in [0.2, 0.25) is 0 Å². The van der Waals surface area contributed by atoms with Crippen LogP contribution in [0.1, 0.15) is 32.6 Å². The standard InChI is InChI=1S/C17H17ClN2O/c1-11-2-5-15(18)7-16(11)17(21)20-8-12-3-4-13-9-19-10-14(13)6-12/h2-7,19H,8-10H2,1H3,(H,20,21). The first-order chi connectivity index (χ1) is 10.1. The molecule has 3 nitrogen and oxygen atoms in total. The summed E-state index contributed by atoms with van der Waals surface area (Å²) in [5.74, 6) is -0.0892. The van der Waals surface area contributed by atoms with E-state index in [9.17, 15) is 4.79 Å². The van der Waals surface area contributed by atoms with Gasteiger partial charge in [0.1, 0.15) is 0 Å². The van der Waals surface area contributed by atoms with Crippen molar-refractivity contribution < 1.29 is 4.79 Å².